The third-order valence-corrected chi connectivity index (χ3v) is 6.11. The van der Waals surface area contributed by atoms with E-state index < -0.39 is 31.1 Å². The largest absolute Gasteiger partial charge is 0.458 e. The van der Waals surface area contributed by atoms with Crippen LogP contribution in [0.2, 0.25) is 58.9 Å². The maximum atomic E-state index is 12.1. The summed E-state index contributed by atoms with van der Waals surface area (Å²) in [6.07, 6.45) is -0.362. The van der Waals surface area contributed by atoms with Crippen molar-refractivity contribution in [1.29, 1.82) is 0 Å². The van der Waals surface area contributed by atoms with Gasteiger partial charge in [0.1, 0.15) is 18.3 Å². The maximum Gasteiger partial charge on any atom is 0.334 e. The van der Waals surface area contributed by atoms with Gasteiger partial charge in [0.2, 0.25) is 0 Å². The highest BCUT2D eigenvalue weighted by atomic mass is 28.4. The number of esters is 1. The summed E-state index contributed by atoms with van der Waals surface area (Å²) in [6, 6.07) is 0. The van der Waals surface area contributed by atoms with Crippen molar-refractivity contribution < 1.29 is 22.8 Å². The average molecular weight is 379 g/mol. The lowest BCUT2D eigenvalue weighted by Gasteiger charge is -2.31. The van der Waals surface area contributed by atoms with Gasteiger partial charge in [0, 0.05) is 6.42 Å². The van der Waals surface area contributed by atoms with Crippen molar-refractivity contribution >= 4 is 30.9 Å². The number of rotatable bonds is 8. The second-order valence-electron chi connectivity index (χ2n) is 9.12. The summed E-state index contributed by atoms with van der Waals surface area (Å²) in [7, 11) is -5.19. The molecule has 5 nitrogen and oxygen atoms in total. The normalized spacial score (nSPS) is 24.7. The fourth-order valence-corrected chi connectivity index (χ4v) is 5.17. The molecule has 0 aliphatic carbocycles. The van der Waals surface area contributed by atoms with Gasteiger partial charge < -0.3 is 18.0 Å². The van der Waals surface area contributed by atoms with Gasteiger partial charge in [0.05, 0.1) is 6.61 Å². The molecule has 136 valence electrons. The first-order valence-corrected chi connectivity index (χ1v) is 18.6. The number of carbonyl (C=O) groups is 1. The van der Waals surface area contributed by atoms with Crippen LogP contribution in [0.3, 0.4) is 0 Å². The maximum absolute atomic E-state index is 12.1. The molecule has 3 atom stereocenters. The first-order chi connectivity index (χ1) is 10.2. The van der Waals surface area contributed by atoms with Gasteiger partial charge >= 0.3 is 5.97 Å². The number of hydrogen-bond donors (Lipinski definition) is 0. The van der Waals surface area contributed by atoms with E-state index in [4.69, 9.17) is 18.0 Å². The second kappa shape index (κ2) is 7.49. The second-order valence-corrected chi connectivity index (χ2v) is 22.6. The Bertz CT molecular complexity index is 409. The Kier molecular flexibility index (Phi) is 6.85. The first-order valence-electron chi connectivity index (χ1n) is 8.36. The van der Waals surface area contributed by atoms with Gasteiger partial charge in [-0.05, 0) is 58.9 Å². The van der Waals surface area contributed by atoms with Crippen LogP contribution in [0, 0.1) is 0 Å². The molecule has 1 rings (SSSR count). The number of carbonyl (C=O) groups excluding carboxylic acids is 1. The van der Waals surface area contributed by atoms with Gasteiger partial charge in [-0.25, -0.2) is 4.79 Å². The molecular weight excluding hydrogens is 344 g/mol. The van der Waals surface area contributed by atoms with E-state index in [2.05, 4.69) is 58.9 Å². The molecular formula is C15H34O5Si3. The van der Waals surface area contributed by atoms with E-state index in [1.54, 1.807) is 0 Å². The lowest BCUT2D eigenvalue weighted by Crippen LogP contribution is -2.44. The van der Waals surface area contributed by atoms with Gasteiger partial charge in [-0.2, -0.15) is 0 Å². The van der Waals surface area contributed by atoms with Crippen LogP contribution in [0.25, 0.3) is 0 Å². The van der Waals surface area contributed by atoms with Crippen LogP contribution in [0.5, 0.6) is 0 Å². The molecule has 0 bridgehead atoms. The molecule has 1 aliphatic rings. The minimum absolute atomic E-state index is 0.201. The molecule has 1 unspecified atom stereocenters. The minimum Gasteiger partial charge on any atom is -0.458 e. The summed E-state index contributed by atoms with van der Waals surface area (Å²) in [5.41, 5.74) is 0. The quantitative estimate of drug-likeness (QED) is 0.477. The van der Waals surface area contributed by atoms with Crippen molar-refractivity contribution in [3.63, 3.8) is 0 Å². The van der Waals surface area contributed by atoms with Gasteiger partial charge in [-0.1, -0.05) is 0 Å². The molecule has 0 radical (unpaired) electrons. The Labute approximate surface area is 144 Å². The smallest absolute Gasteiger partial charge is 0.334 e. The molecule has 0 aromatic carbocycles. The van der Waals surface area contributed by atoms with E-state index in [-0.39, 0.29) is 18.2 Å². The highest BCUT2D eigenvalue weighted by Crippen LogP contribution is 2.27. The molecule has 0 aromatic rings. The summed E-state index contributed by atoms with van der Waals surface area (Å²) in [5, 5.41) is 0. The SMILES string of the molecule is C[Si](C)(C)OCC(O[Si](C)(C)C)[C@H]1C[C@@H](O[Si](C)(C)C)C(=O)O1. The summed E-state index contributed by atoms with van der Waals surface area (Å²) < 4.78 is 23.8. The molecule has 0 N–H and O–H groups in total. The van der Waals surface area contributed by atoms with Crippen molar-refractivity contribution in [2.45, 2.75) is 83.7 Å². The molecule has 0 amide bonds. The highest BCUT2D eigenvalue weighted by Gasteiger charge is 2.43. The molecule has 0 spiro atoms. The molecule has 23 heavy (non-hydrogen) atoms. The summed E-state index contributed by atoms with van der Waals surface area (Å²) >= 11 is 0. The third-order valence-electron chi connectivity index (χ3n) is 3.07. The predicted molar refractivity (Wildman–Crippen MR) is 100 cm³/mol. The van der Waals surface area contributed by atoms with Crippen LogP contribution in [0.1, 0.15) is 6.42 Å². The van der Waals surface area contributed by atoms with E-state index in [0.29, 0.717) is 13.0 Å². The zero-order valence-corrected chi connectivity index (χ0v) is 19.2. The predicted octanol–water partition coefficient (Wildman–Crippen LogP) is 3.59. The van der Waals surface area contributed by atoms with E-state index in [0.717, 1.165) is 0 Å². The fraction of sp³-hybridized carbons (Fsp3) is 0.933. The topological polar surface area (TPSA) is 54.0 Å². The van der Waals surface area contributed by atoms with E-state index in [1.807, 2.05) is 0 Å². The lowest BCUT2D eigenvalue weighted by molar-refractivity contribution is -0.150. The Morgan fingerprint density at radius 2 is 1.57 bits per heavy atom. The molecule has 1 heterocycles. The number of cyclic esters (lactones) is 1. The van der Waals surface area contributed by atoms with Crippen LogP contribution in [-0.4, -0.2) is 55.8 Å². The summed E-state index contributed by atoms with van der Waals surface area (Å²) in [4.78, 5) is 12.1. The summed E-state index contributed by atoms with van der Waals surface area (Å²) in [6.45, 7) is 19.6. The molecule has 8 heteroatoms. The van der Waals surface area contributed by atoms with Crippen molar-refractivity contribution in [2.24, 2.45) is 0 Å². The van der Waals surface area contributed by atoms with Crippen LogP contribution < -0.4 is 0 Å². The van der Waals surface area contributed by atoms with Crippen molar-refractivity contribution in [1.82, 2.24) is 0 Å². The Hall–Kier alpha value is 0.000649. The Balaban J connectivity index is 2.76. The lowest BCUT2D eigenvalue weighted by atomic mass is 10.1. The van der Waals surface area contributed by atoms with Crippen LogP contribution >= 0.6 is 0 Å². The molecule has 1 saturated heterocycles. The molecule has 1 fully saturated rings. The third kappa shape index (κ3) is 8.59. The number of hydrogen-bond acceptors (Lipinski definition) is 5. The summed E-state index contributed by atoms with van der Waals surface area (Å²) in [5.74, 6) is -0.255. The molecule has 0 aromatic heterocycles. The van der Waals surface area contributed by atoms with Gasteiger partial charge in [0.15, 0.2) is 25.0 Å². The van der Waals surface area contributed by atoms with Crippen molar-refractivity contribution in [3.8, 4) is 0 Å². The van der Waals surface area contributed by atoms with Crippen LogP contribution in [-0.2, 0) is 22.8 Å². The zero-order valence-electron chi connectivity index (χ0n) is 16.2. The van der Waals surface area contributed by atoms with Crippen molar-refractivity contribution in [2.75, 3.05) is 6.61 Å². The van der Waals surface area contributed by atoms with Gasteiger partial charge in [0.25, 0.3) is 0 Å². The van der Waals surface area contributed by atoms with Gasteiger partial charge in [-0.15, -0.1) is 0 Å². The minimum atomic E-state index is -1.78. The van der Waals surface area contributed by atoms with Gasteiger partial charge in [-0.3, -0.25) is 0 Å². The standard InChI is InChI=1S/C15H34O5Si3/c1-21(2,3)17-11-14(20-23(7,8)9)12-10-13(15(16)18-12)19-22(4,5)6/h12-14H,10-11H2,1-9H3/t12-,13-,14?/m1/s1. The van der Waals surface area contributed by atoms with E-state index in [9.17, 15) is 4.79 Å². The average Bonchev–Trinajstić information content (AvgIpc) is 2.61. The highest BCUT2D eigenvalue weighted by molar-refractivity contribution is 6.70. The van der Waals surface area contributed by atoms with Crippen LogP contribution in [0.4, 0.5) is 0 Å². The van der Waals surface area contributed by atoms with E-state index >= 15 is 0 Å². The fourth-order valence-electron chi connectivity index (χ4n) is 2.33. The van der Waals surface area contributed by atoms with Crippen molar-refractivity contribution in [3.05, 3.63) is 0 Å². The van der Waals surface area contributed by atoms with E-state index in [1.165, 1.54) is 0 Å². The zero-order chi connectivity index (χ0) is 18.1. The number of ether oxygens (including phenoxy) is 1. The monoisotopic (exact) mass is 378 g/mol. The molecule has 1 aliphatic heterocycles. The van der Waals surface area contributed by atoms with Crippen LogP contribution in [0.15, 0.2) is 0 Å². The Morgan fingerprint density at radius 1 is 1.00 bits per heavy atom. The Morgan fingerprint density at radius 3 is 2.00 bits per heavy atom. The molecule has 0 saturated carbocycles. The first kappa shape index (κ1) is 21.0.